The lowest BCUT2D eigenvalue weighted by molar-refractivity contribution is -0.384. The van der Waals surface area contributed by atoms with Crippen molar-refractivity contribution in [3.05, 3.63) is 88.5 Å². The summed E-state index contributed by atoms with van der Waals surface area (Å²) in [5, 5.41) is 11.7. The van der Waals surface area contributed by atoms with Crippen molar-refractivity contribution in [2.75, 3.05) is 11.4 Å². The second kappa shape index (κ2) is 10.2. The van der Waals surface area contributed by atoms with E-state index in [9.17, 15) is 14.9 Å². The van der Waals surface area contributed by atoms with E-state index in [0.29, 0.717) is 17.2 Å². The first-order valence-electron chi connectivity index (χ1n) is 10.6. The lowest BCUT2D eigenvalue weighted by Gasteiger charge is -2.18. The number of nitro benzene ring substituents is 1. The number of hydrogen-bond donors (Lipinski definition) is 0. The summed E-state index contributed by atoms with van der Waals surface area (Å²) in [6.07, 6.45) is 10.0. The van der Waals surface area contributed by atoms with Gasteiger partial charge in [0, 0.05) is 43.7 Å². The minimum atomic E-state index is -0.450. The Kier molecular flexibility index (Phi) is 6.89. The summed E-state index contributed by atoms with van der Waals surface area (Å²) >= 11 is 1.49. The van der Waals surface area contributed by atoms with Crippen LogP contribution in [0.2, 0.25) is 0 Å². The van der Waals surface area contributed by atoms with E-state index in [-0.39, 0.29) is 11.6 Å². The number of imidazole rings is 1. The highest BCUT2D eigenvalue weighted by molar-refractivity contribution is 7.22. The third kappa shape index (κ3) is 5.32. The molecule has 9 heteroatoms. The molecule has 0 saturated carbocycles. The number of aromatic nitrogens is 3. The minimum absolute atomic E-state index is 0.0138. The van der Waals surface area contributed by atoms with Gasteiger partial charge >= 0.3 is 0 Å². The van der Waals surface area contributed by atoms with E-state index in [1.807, 2.05) is 22.9 Å². The molecule has 0 bridgehead atoms. The van der Waals surface area contributed by atoms with Crippen LogP contribution in [-0.2, 0) is 17.8 Å². The average molecular weight is 462 g/mol. The Hall–Kier alpha value is -3.85. The van der Waals surface area contributed by atoms with Gasteiger partial charge in [-0.1, -0.05) is 42.5 Å². The molecule has 0 N–H and O–H groups in total. The minimum Gasteiger partial charge on any atom is -0.337 e. The summed E-state index contributed by atoms with van der Waals surface area (Å²) < 4.78 is 3.01. The van der Waals surface area contributed by atoms with Crippen LogP contribution >= 0.6 is 11.3 Å². The zero-order chi connectivity index (χ0) is 23.2. The molecule has 0 unspecified atom stereocenters. The lowest BCUT2D eigenvalue weighted by Crippen LogP contribution is -2.30. The van der Waals surface area contributed by atoms with E-state index >= 15 is 0 Å². The van der Waals surface area contributed by atoms with Gasteiger partial charge in [-0.2, -0.15) is 0 Å². The molecule has 0 atom stereocenters. The molecule has 4 rings (SSSR count). The van der Waals surface area contributed by atoms with Gasteiger partial charge in [0.15, 0.2) is 5.13 Å². The van der Waals surface area contributed by atoms with Crippen LogP contribution in [0.25, 0.3) is 16.3 Å². The quantitative estimate of drug-likeness (QED) is 0.196. The SMILES string of the molecule is CCc1cccc2sc(N(CCCn3ccnc3)C(=O)/C=C/c3cccc([N+](=O)[O-])c3)nc12. The summed E-state index contributed by atoms with van der Waals surface area (Å²) in [7, 11) is 0. The molecule has 1 amide bonds. The van der Waals surface area contributed by atoms with Gasteiger partial charge in [-0.15, -0.1) is 0 Å². The van der Waals surface area contributed by atoms with Gasteiger partial charge in [-0.25, -0.2) is 9.97 Å². The second-order valence-corrected chi connectivity index (χ2v) is 8.45. The predicted octanol–water partition coefficient (Wildman–Crippen LogP) is 5.10. The van der Waals surface area contributed by atoms with Crippen LogP contribution in [0.1, 0.15) is 24.5 Å². The van der Waals surface area contributed by atoms with Crippen molar-refractivity contribution in [1.82, 2.24) is 14.5 Å². The zero-order valence-electron chi connectivity index (χ0n) is 18.1. The summed E-state index contributed by atoms with van der Waals surface area (Å²) in [5.74, 6) is -0.218. The number of non-ortho nitro benzene ring substituents is 1. The molecule has 33 heavy (non-hydrogen) atoms. The number of carbonyl (C=O) groups is 1. The first-order chi connectivity index (χ1) is 16.0. The standard InChI is InChI=1S/C24H23N5O3S/c1-2-19-7-4-9-21-23(19)26-24(33-21)28(14-5-13-27-15-12-25-17-27)22(30)11-10-18-6-3-8-20(16-18)29(31)32/h3-4,6-12,15-17H,2,5,13-14H2,1H3/b11-10+. The number of carbonyl (C=O) groups excluding carboxylic acids is 1. The van der Waals surface area contributed by atoms with E-state index in [4.69, 9.17) is 4.98 Å². The van der Waals surface area contributed by atoms with Crippen LogP contribution < -0.4 is 4.90 Å². The predicted molar refractivity (Wildman–Crippen MR) is 130 cm³/mol. The van der Waals surface area contributed by atoms with Crippen molar-refractivity contribution in [2.24, 2.45) is 0 Å². The maximum absolute atomic E-state index is 13.2. The third-order valence-corrected chi connectivity index (χ3v) is 6.27. The van der Waals surface area contributed by atoms with Crippen LogP contribution in [0.4, 0.5) is 10.8 Å². The van der Waals surface area contributed by atoms with Crippen LogP contribution in [0, 0.1) is 10.1 Å². The van der Waals surface area contributed by atoms with Gasteiger partial charge in [-0.3, -0.25) is 19.8 Å². The summed E-state index contributed by atoms with van der Waals surface area (Å²) in [6.45, 7) is 3.30. The molecule has 8 nitrogen and oxygen atoms in total. The first-order valence-corrected chi connectivity index (χ1v) is 11.4. The number of nitro groups is 1. The fourth-order valence-corrected chi connectivity index (χ4v) is 4.57. The van der Waals surface area contributed by atoms with E-state index in [0.717, 1.165) is 35.2 Å². The molecule has 0 fully saturated rings. The van der Waals surface area contributed by atoms with Crippen molar-refractivity contribution in [3.63, 3.8) is 0 Å². The molecule has 0 aliphatic heterocycles. The molecule has 4 aromatic rings. The number of fused-ring (bicyclic) bond motifs is 1. The molecule has 2 heterocycles. The van der Waals surface area contributed by atoms with E-state index in [1.54, 1.807) is 35.6 Å². The third-order valence-electron chi connectivity index (χ3n) is 5.23. The molecular formula is C24H23N5O3S. The molecule has 0 aliphatic carbocycles. The Balaban J connectivity index is 1.59. The van der Waals surface area contributed by atoms with Gasteiger partial charge in [-0.05, 0) is 36.1 Å². The Morgan fingerprint density at radius 3 is 2.88 bits per heavy atom. The fraction of sp³-hybridized carbons (Fsp3) is 0.208. The zero-order valence-corrected chi connectivity index (χ0v) is 18.9. The largest absolute Gasteiger partial charge is 0.337 e. The maximum atomic E-state index is 13.2. The molecule has 168 valence electrons. The summed E-state index contributed by atoms with van der Waals surface area (Å²) in [5.41, 5.74) is 2.65. The van der Waals surface area contributed by atoms with Crippen molar-refractivity contribution in [3.8, 4) is 0 Å². The number of anilines is 1. The Morgan fingerprint density at radius 2 is 2.12 bits per heavy atom. The van der Waals surface area contributed by atoms with Gasteiger partial charge in [0.05, 0.1) is 21.5 Å². The maximum Gasteiger partial charge on any atom is 0.270 e. The van der Waals surface area contributed by atoms with Crippen molar-refractivity contribution in [2.45, 2.75) is 26.3 Å². The van der Waals surface area contributed by atoms with Crippen LogP contribution in [0.5, 0.6) is 0 Å². The van der Waals surface area contributed by atoms with Crippen LogP contribution in [0.3, 0.4) is 0 Å². The monoisotopic (exact) mass is 461 g/mol. The molecule has 0 aliphatic rings. The highest BCUT2D eigenvalue weighted by Crippen LogP contribution is 2.31. The summed E-state index contributed by atoms with van der Waals surface area (Å²) in [4.78, 5) is 34.3. The molecule has 2 aromatic carbocycles. The van der Waals surface area contributed by atoms with Gasteiger partial charge in [0.1, 0.15) is 0 Å². The van der Waals surface area contributed by atoms with Crippen molar-refractivity contribution in [1.29, 1.82) is 0 Å². The highest BCUT2D eigenvalue weighted by Gasteiger charge is 2.19. The van der Waals surface area contributed by atoms with Gasteiger partial charge in [0.25, 0.3) is 11.6 Å². The number of thiazole rings is 1. The number of hydrogen-bond acceptors (Lipinski definition) is 6. The van der Waals surface area contributed by atoms with Crippen LogP contribution in [-0.4, -0.2) is 31.9 Å². The van der Waals surface area contributed by atoms with Gasteiger partial charge < -0.3 is 4.57 Å². The first kappa shape index (κ1) is 22.3. The summed E-state index contributed by atoms with van der Waals surface area (Å²) in [6, 6.07) is 12.3. The number of nitrogens with zero attached hydrogens (tertiary/aromatic N) is 5. The van der Waals surface area contributed by atoms with Crippen LogP contribution in [0.15, 0.2) is 67.3 Å². The normalized spacial score (nSPS) is 11.3. The Bertz CT molecular complexity index is 1300. The number of amides is 1. The average Bonchev–Trinajstić information content (AvgIpc) is 3.50. The Morgan fingerprint density at radius 1 is 1.27 bits per heavy atom. The number of benzene rings is 2. The molecule has 0 saturated heterocycles. The highest BCUT2D eigenvalue weighted by atomic mass is 32.1. The molecular weight excluding hydrogens is 438 g/mol. The fourth-order valence-electron chi connectivity index (χ4n) is 3.52. The number of para-hydroxylation sites is 1. The number of aryl methyl sites for hydroxylation is 2. The lowest BCUT2D eigenvalue weighted by atomic mass is 10.1. The Labute approximate surface area is 195 Å². The molecule has 0 spiro atoms. The molecule has 2 aromatic heterocycles. The second-order valence-electron chi connectivity index (χ2n) is 7.44. The smallest absolute Gasteiger partial charge is 0.270 e. The van der Waals surface area contributed by atoms with E-state index < -0.39 is 4.92 Å². The van der Waals surface area contributed by atoms with Crippen molar-refractivity contribution >= 4 is 44.4 Å². The van der Waals surface area contributed by atoms with Crippen molar-refractivity contribution < 1.29 is 9.72 Å². The van der Waals surface area contributed by atoms with E-state index in [2.05, 4.69) is 18.0 Å². The van der Waals surface area contributed by atoms with E-state index in [1.165, 1.54) is 29.5 Å². The van der Waals surface area contributed by atoms with Gasteiger partial charge in [0.2, 0.25) is 0 Å². The number of rotatable bonds is 9. The topological polar surface area (TPSA) is 94.2 Å². The molecule has 0 radical (unpaired) electrons.